The van der Waals surface area contributed by atoms with E-state index in [0.29, 0.717) is 22.9 Å². The van der Waals surface area contributed by atoms with Crippen LogP contribution in [0.1, 0.15) is 5.56 Å². The number of hydrogen-bond acceptors (Lipinski definition) is 6. The normalized spacial score (nSPS) is 10.2. The first kappa shape index (κ1) is 15.4. The molecule has 6 nitrogen and oxygen atoms in total. The summed E-state index contributed by atoms with van der Waals surface area (Å²) in [5.41, 5.74) is 6.79. The first-order valence-electron chi connectivity index (χ1n) is 6.37. The highest BCUT2D eigenvalue weighted by atomic mass is 79.9. The molecule has 3 N–H and O–H groups in total. The minimum atomic E-state index is 0.422. The number of aromatic nitrogens is 2. The average Bonchev–Trinajstić information content (AvgIpc) is 2.46. The Morgan fingerprint density at radius 1 is 1.14 bits per heavy atom. The second-order valence-electron chi connectivity index (χ2n) is 4.31. The van der Waals surface area contributed by atoms with Crippen LogP contribution in [0.5, 0.6) is 11.5 Å². The van der Waals surface area contributed by atoms with Gasteiger partial charge in [-0.05, 0) is 40.0 Å². The topological polar surface area (TPSA) is 82.3 Å². The molecule has 0 saturated carbocycles. The third kappa shape index (κ3) is 4.22. The Balaban J connectivity index is 1.97. The van der Waals surface area contributed by atoms with Crippen molar-refractivity contribution in [3.8, 4) is 11.5 Å². The highest BCUT2D eigenvalue weighted by Crippen LogP contribution is 2.27. The van der Waals surface area contributed by atoms with Gasteiger partial charge in [0.1, 0.15) is 10.4 Å². The van der Waals surface area contributed by atoms with Gasteiger partial charge in [0.25, 0.3) is 0 Å². The Kier molecular flexibility index (Phi) is 5.21. The Hall–Kier alpha value is -2.02. The molecule has 1 aromatic carbocycles. The van der Waals surface area contributed by atoms with Crippen LogP contribution in [0, 0.1) is 0 Å². The van der Waals surface area contributed by atoms with Crippen LogP contribution < -0.4 is 20.5 Å². The molecular formula is C14H17BrN4O2. The average molecular weight is 353 g/mol. The lowest BCUT2D eigenvalue weighted by Gasteiger charge is -2.10. The number of benzene rings is 1. The van der Waals surface area contributed by atoms with Gasteiger partial charge in [0.05, 0.1) is 14.2 Å². The monoisotopic (exact) mass is 352 g/mol. The SMILES string of the molecule is COc1ccc(CCNc2nc(N)cc(Br)n2)cc1OC. The van der Waals surface area contributed by atoms with Crippen LogP contribution in [0.15, 0.2) is 28.9 Å². The fourth-order valence-electron chi connectivity index (χ4n) is 1.87. The van der Waals surface area contributed by atoms with Gasteiger partial charge >= 0.3 is 0 Å². The summed E-state index contributed by atoms with van der Waals surface area (Å²) in [5, 5.41) is 3.14. The number of hydrogen-bond donors (Lipinski definition) is 2. The predicted octanol–water partition coefficient (Wildman–Crippen LogP) is 2.49. The van der Waals surface area contributed by atoms with Crippen molar-refractivity contribution in [2.45, 2.75) is 6.42 Å². The van der Waals surface area contributed by atoms with E-state index < -0.39 is 0 Å². The minimum absolute atomic E-state index is 0.422. The molecule has 1 heterocycles. The van der Waals surface area contributed by atoms with E-state index in [0.717, 1.165) is 23.5 Å². The van der Waals surface area contributed by atoms with E-state index in [2.05, 4.69) is 31.2 Å². The summed E-state index contributed by atoms with van der Waals surface area (Å²) in [6.45, 7) is 0.686. The van der Waals surface area contributed by atoms with Gasteiger partial charge in [-0.2, -0.15) is 4.98 Å². The number of rotatable bonds is 6. The lowest BCUT2D eigenvalue weighted by atomic mass is 10.1. The van der Waals surface area contributed by atoms with Crippen molar-refractivity contribution in [3.05, 3.63) is 34.4 Å². The second kappa shape index (κ2) is 7.12. The first-order chi connectivity index (χ1) is 10.1. The summed E-state index contributed by atoms with van der Waals surface area (Å²) >= 11 is 3.28. The zero-order chi connectivity index (χ0) is 15.2. The largest absolute Gasteiger partial charge is 0.493 e. The second-order valence-corrected chi connectivity index (χ2v) is 5.12. The van der Waals surface area contributed by atoms with Crippen molar-refractivity contribution in [2.75, 3.05) is 31.8 Å². The molecule has 0 spiro atoms. The van der Waals surface area contributed by atoms with Gasteiger partial charge in [-0.25, -0.2) is 4.98 Å². The summed E-state index contributed by atoms with van der Waals surface area (Å²) in [7, 11) is 3.24. The Morgan fingerprint density at radius 2 is 1.90 bits per heavy atom. The highest BCUT2D eigenvalue weighted by Gasteiger charge is 2.05. The van der Waals surface area contributed by atoms with Gasteiger partial charge in [0, 0.05) is 12.6 Å². The van der Waals surface area contributed by atoms with Crippen LogP contribution in [0.3, 0.4) is 0 Å². The molecule has 0 amide bonds. The number of nitrogens with two attached hydrogens (primary N) is 1. The molecule has 0 unspecified atom stereocenters. The zero-order valence-electron chi connectivity index (χ0n) is 11.9. The van der Waals surface area contributed by atoms with Crippen LogP contribution in [-0.4, -0.2) is 30.7 Å². The summed E-state index contributed by atoms with van der Waals surface area (Å²) in [5.74, 6) is 2.36. The van der Waals surface area contributed by atoms with Gasteiger partial charge in [-0.1, -0.05) is 6.07 Å². The lowest BCUT2D eigenvalue weighted by Crippen LogP contribution is -2.09. The van der Waals surface area contributed by atoms with Crippen LogP contribution in [0.25, 0.3) is 0 Å². The molecule has 0 bridgehead atoms. The summed E-state index contributed by atoms with van der Waals surface area (Å²) < 4.78 is 11.1. The molecule has 0 aliphatic carbocycles. The highest BCUT2D eigenvalue weighted by molar-refractivity contribution is 9.10. The first-order valence-corrected chi connectivity index (χ1v) is 7.16. The van der Waals surface area contributed by atoms with E-state index in [1.54, 1.807) is 20.3 Å². The van der Waals surface area contributed by atoms with Crippen molar-refractivity contribution in [1.82, 2.24) is 9.97 Å². The minimum Gasteiger partial charge on any atom is -0.493 e. The van der Waals surface area contributed by atoms with Crippen LogP contribution in [0.2, 0.25) is 0 Å². The molecule has 2 rings (SSSR count). The maximum atomic E-state index is 5.66. The lowest BCUT2D eigenvalue weighted by molar-refractivity contribution is 0.354. The Bertz CT molecular complexity index is 602. The van der Waals surface area contributed by atoms with Crippen molar-refractivity contribution < 1.29 is 9.47 Å². The number of halogens is 1. The van der Waals surface area contributed by atoms with Crippen LogP contribution in [-0.2, 0) is 6.42 Å². The quantitative estimate of drug-likeness (QED) is 0.777. The summed E-state index contributed by atoms with van der Waals surface area (Å²) in [4.78, 5) is 8.30. The number of nitrogen functional groups attached to an aromatic ring is 1. The molecule has 7 heteroatoms. The van der Waals surface area contributed by atoms with Crippen LogP contribution >= 0.6 is 15.9 Å². The van der Waals surface area contributed by atoms with Gasteiger partial charge in [0.15, 0.2) is 11.5 Å². The summed E-state index contributed by atoms with van der Waals surface area (Å²) in [6.07, 6.45) is 0.802. The van der Waals surface area contributed by atoms with Crippen molar-refractivity contribution in [1.29, 1.82) is 0 Å². The maximum Gasteiger partial charge on any atom is 0.225 e. The molecule has 0 aliphatic rings. The molecule has 2 aromatic rings. The third-order valence-electron chi connectivity index (χ3n) is 2.86. The molecule has 21 heavy (non-hydrogen) atoms. The van der Waals surface area contributed by atoms with Gasteiger partial charge in [0.2, 0.25) is 5.95 Å². The third-order valence-corrected chi connectivity index (χ3v) is 3.27. The summed E-state index contributed by atoms with van der Waals surface area (Å²) in [6, 6.07) is 7.50. The Morgan fingerprint density at radius 3 is 2.57 bits per heavy atom. The van der Waals surface area contributed by atoms with Gasteiger partial charge in [-0.3, -0.25) is 0 Å². The number of methoxy groups -OCH3 is 2. The standard InChI is InChI=1S/C14H17BrN4O2/c1-20-10-4-3-9(7-11(10)21-2)5-6-17-14-18-12(15)8-13(16)19-14/h3-4,7-8H,5-6H2,1-2H3,(H3,16,17,18,19). The fraction of sp³-hybridized carbons (Fsp3) is 0.286. The molecule has 0 fully saturated rings. The number of nitrogens with zero attached hydrogens (tertiary/aromatic N) is 2. The van der Waals surface area contributed by atoms with Gasteiger partial charge in [-0.15, -0.1) is 0 Å². The van der Waals surface area contributed by atoms with Crippen molar-refractivity contribution in [3.63, 3.8) is 0 Å². The van der Waals surface area contributed by atoms with Crippen molar-refractivity contribution in [2.24, 2.45) is 0 Å². The van der Waals surface area contributed by atoms with E-state index in [1.807, 2.05) is 18.2 Å². The van der Waals surface area contributed by atoms with E-state index in [9.17, 15) is 0 Å². The number of nitrogens with one attached hydrogen (secondary N) is 1. The smallest absolute Gasteiger partial charge is 0.225 e. The van der Waals surface area contributed by atoms with Crippen LogP contribution in [0.4, 0.5) is 11.8 Å². The molecule has 112 valence electrons. The van der Waals surface area contributed by atoms with Gasteiger partial charge < -0.3 is 20.5 Å². The maximum absolute atomic E-state index is 5.66. The molecular weight excluding hydrogens is 336 g/mol. The fourth-order valence-corrected chi connectivity index (χ4v) is 2.27. The molecule has 0 radical (unpaired) electrons. The van der Waals surface area contributed by atoms with E-state index in [-0.39, 0.29) is 0 Å². The van der Waals surface area contributed by atoms with E-state index in [4.69, 9.17) is 15.2 Å². The zero-order valence-corrected chi connectivity index (χ0v) is 13.5. The molecule has 0 atom stereocenters. The van der Waals surface area contributed by atoms with Crippen molar-refractivity contribution >= 4 is 27.7 Å². The predicted molar refractivity (Wildman–Crippen MR) is 85.9 cm³/mol. The number of anilines is 2. The van der Waals surface area contributed by atoms with E-state index in [1.165, 1.54) is 0 Å². The molecule has 0 aliphatic heterocycles. The molecule has 0 saturated heterocycles. The Labute approximate surface area is 131 Å². The van der Waals surface area contributed by atoms with E-state index >= 15 is 0 Å². The molecule has 1 aromatic heterocycles. The number of ether oxygens (including phenoxy) is 2.